The molecule has 2 heterocycles. The quantitative estimate of drug-likeness (QED) is 0.204. The zero-order chi connectivity index (χ0) is 20.0. The second-order valence-electron chi connectivity index (χ2n) is 5.55. The monoisotopic (exact) mass is 388 g/mol. The molecule has 2 rings (SSSR count). The zero-order valence-corrected chi connectivity index (χ0v) is 13.4. The van der Waals surface area contributed by atoms with Crippen LogP contribution in [0, 0.1) is 0 Å². The molecule has 2 saturated heterocycles. The number of carbonyl (C=O) groups excluding carboxylic acids is 1. The Hall–Kier alpha value is -0.810. The maximum atomic E-state index is 9.87. The van der Waals surface area contributed by atoms with Crippen molar-refractivity contribution in [2.75, 3.05) is 13.2 Å². The molecule has 26 heavy (non-hydrogen) atoms. The van der Waals surface area contributed by atoms with E-state index in [4.69, 9.17) is 24.1 Å². The fraction of sp³-hybridized carbons (Fsp3) is 0.923. The SMILES string of the molecule is O=CCO.OC[C@H]1O[C@@H](O)[C@H](O)[C@H](O)[C@@H]1O[C@@H]1O[C@H](O)[C@@H](O)[C@H](O)[C@H]1O. The van der Waals surface area contributed by atoms with Crippen LogP contribution < -0.4 is 0 Å². The van der Waals surface area contributed by atoms with Crippen molar-refractivity contribution >= 4 is 6.29 Å². The van der Waals surface area contributed by atoms with Crippen LogP contribution in [0.2, 0.25) is 0 Å². The minimum atomic E-state index is -1.85. The zero-order valence-electron chi connectivity index (χ0n) is 13.4. The van der Waals surface area contributed by atoms with Crippen LogP contribution in [0.25, 0.3) is 0 Å². The summed E-state index contributed by atoms with van der Waals surface area (Å²) in [6.07, 6.45) is -16.3. The third-order valence-corrected chi connectivity index (χ3v) is 3.75. The summed E-state index contributed by atoms with van der Waals surface area (Å²) in [6, 6.07) is 0. The molecule has 0 spiro atoms. The lowest BCUT2D eigenvalue weighted by Gasteiger charge is -2.44. The standard InChI is InChI=1S/C11H20O11.C2H4O2/c12-1-2-8(4(14)6(16)9(18)20-2)21-11-7(17)3(13)5(15)10(19)22-11;3-1-2-4/h2-19H,1H2;1,4H,2H2/t2-,3+,4+,5+,6-,7-,8-,9-,10+,11-;/m1./s1. The molecule has 13 heteroatoms. The van der Waals surface area contributed by atoms with E-state index in [1.54, 1.807) is 0 Å². The van der Waals surface area contributed by atoms with E-state index in [0.29, 0.717) is 6.29 Å². The topological polar surface area (TPSA) is 227 Å². The summed E-state index contributed by atoms with van der Waals surface area (Å²) in [5.74, 6) is 0. The van der Waals surface area contributed by atoms with Crippen LogP contribution in [0.3, 0.4) is 0 Å². The third kappa shape index (κ3) is 5.35. The molecule has 9 N–H and O–H groups in total. The van der Waals surface area contributed by atoms with Crippen molar-refractivity contribution < 1.29 is 65.0 Å². The van der Waals surface area contributed by atoms with E-state index >= 15 is 0 Å². The van der Waals surface area contributed by atoms with Gasteiger partial charge in [-0.3, -0.25) is 0 Å². The molecule has 2 fully saturated rings. The van der Waals surface area contributed by atoms with Gasteiger partial charge in [-0.1, -0.05) is 0 Å². The van der Waals surface area contributed by atoms with Crippen molar-refractivity contribution in [3.8, 4) is 0 Å². The fourth-order valence-corrected chi connectivity index (χ4v) is 2.33. The molecule has 0 aliphatic carbocycles. The Morgan fingerprint density at radius 1 is 0.769 bits per heavy atom. The van der Waals surface area contributed by atoms with E-state index in [1.165, 1.54) is 0 Å². The number of aldehydes is 1. The molecular weight excluding hydrogens is 364 g/mol. The number of rotatable bonds is 4. The Labute approximate surface area is 147 Å². The molecule has 0 aromatic heterocycles. The van der Waals surface area contributed by atoms with Gasteiger partial charge in [-0.25, -0.2) is 0 Å². The summed E-state index contributed by atoms with van der Waals surface area (Å²) in [5.41, 5.74) is 0. The number of aliphatic hydroxyl groups excluding tert-OH is 9. The van der Waals surface area contributed by atoms with Gasteiger partial charge >= 0.3 is 0 Å². The average molecular weight is 388 g/mol. The van der Waals surface area contributed by atoms with Crippen molar-refractivity contribution in [2.45, 2.75) is 61.6 Å². The minimum absolute atomic E-state index is 0.361. The maximum absolute atomic E-state index is 9.87. The number of hydrogen-bond acceptors (Lipinski definition) is 13. The lowest BCUT2D eigenvalue weighted by molar-refractivity contribution is -0.375. The van der Waals surface area contributed by atoms with Gasteiger partial charge in [0.1, 0.15) is 49.0 Å². The van der Waals surface area contributed by atoms with Crippen LogP contribution in [0.4, 0.5) is 0 Å². The molecule has 0 radical (unpaired) electrons. The normalized spacial score (nSPS) is 46.2. The van der Waals surface area contributed by atoms with Crippen LogP contribution in [-0.4, -0.2) is 127 Å². The highest BCUT2D eigenvalue weighted by Crippen LogP contribution is 2.27. The molecule has 10 atom stereocenters. The van der Waals surface area contributed by atoms with Gasteiger partial charge in [-0.15, -0.1) is 0 Å². The van der Waals surface area contributed by atoms with Gasteiger partial charge < -0.3 is 65.0 Å². The Morgan fingerprint density at radius 2 is 1.27 bits per heavy atom. The summed E-state index contributed by atoms with van der Waals surface area (Å²) in [4.78, 5) is 8.92. The first-order valence-corrected chi connectivity index (χ1v) is 7.57. The van der Waals surface area contributed by atoms with Crippen molar-refractivity contribution in [1.82, 2.24) is 0 Å². The van der Waals surface area contributed by atoms with Crippen LogP contribution in [-0.2, 0) is 19.0 Å². The van der Waals surface area contributed by atoms with Crippen molar-refractivity contribution in [3.63, 3.8) is 0 Å². The smallest absolute Gasteiger partial charge is 0.189 e. The molecule has 0 aromatic rings. The van der Waals surface area contributed by atoms with E-state index in [1.807, 2.05) is 0 Å². The van der Waals surface area contributed by atoms with Gasteiger partial charge in [0, 0.05) is 0 Å². The third-order valence-electron chi connectivity index (χ3n) is 3.75. The van der Waals surface area contributed by atoms with Gasteiger partial charge in [0.15, 0.2) is 18.9 Å². The Bertz CT molecular complexity index is 421. The first kappa shape index (κ1) is 23.2. The lowest BCUT2D eigenvalue weighted by Crippen LogP contribution is -2.64. The lowest BCUT2D eigenvalue weighted by atomic mass is 9.98. The first-order chi connectivity index (χ1) is 12.2. The molecule has 0 bridgehead atoms. The molecule has 0 unspecified atom stereocenters. The molecule has 0 aromatic carbocycles. The van der Waals surface area contributed by atoms with Gasteiger partial charge in [-0.2, -0.15) is 0 Å². The minimum Gasteiger partial charge on any atom is -0.394 e. The molecule has 13 nitrogen and oxygen atoms in total. The fourth-order valence-electron chi connectivity index (χ4n) is 2.33. The van der Waals surface area contributed by atoms with E-state index in [2.05, 4.69) is 0 Å². The summed E-state index contributed by atoms with van der Waals surface area (Å²) < 4.78 is 14.8. The number of aliphatic hydroxyl groups is 9. The molecule has 0 amide bonds. The Morgan fingerprint density at radius 3 is 1.77 bits per heavy atom. The highest BCUT2D eigenvalue weighted by Gasteiger charge is 2.49. The number of ether oxygens (including phenoxy) is 3. The second-order valence-corrected chi connectivity index (χ2v) is 5.55. The van der Waals surface area contributed by atoms with Gasteiger partial charge in [-0.05, 0) is 0 Å². The summed E-state index contributed by atoms with van der Waals surface area (Å²) in [7, 11) is 0. The van der Waals surface area contributed by atoms with Crippen LogP contribution in [0.5, 0.6) is 0 Å². The van der Waals surface area contributed by atoms with Gasteiger partial charge in [0.05, 0.1) is 13.2 Å². The molecule has 2 aliphatic rings. The van der Waals surface area contributed by atoms with Crippen LogP contribution in [0.1, 0.15) is 0 Å². The van der Waals surface area contributed by atoms with E-state index in [9.17, 15) is 40.9 Å². The first-order valence-electron chi connectivity index (χ1n) is 7.57. The van der Waals surface area contributed by atoms with Crippen LogP contribution >= 0.6 is 0 Å². The van der Waals surface area contributed by atoms with Gasteiger partial charge in [0.2, 0.25) is 0 Å². The van der Waals surface area contributed by atoms with Crippen LogP contribution in [0.15, 0.2) is 0 Å². The summed E-state index contributed by atoms with van der Waals surface area (Å²) >= 11 is 0. The predicted molar refractivity (Wildman–Crippen MR) is 76.9 cm³/mol. The summed E-state index contributed by atoms with van der Waals surface area (Å²) in [5, 5.41) is 83.5. The Balaban J connectivity index is 0.000000765. The molecule has 0 saturated carbocycles. The average Bonchev–Trinajstić information content (AvgIpc) is 2.64. The number of carbonyl (C=O) groups is 1. The highest BCUT2D eigenvalue weighted by atomic mass is 16.8. The largest absolute Gasteiger partial charge is 0.394 e. The molecule has 154 valence electrons. The molecular formula is C13H24O13. The highest BCUT2D eigenvalue weighted by molar-refractivity contribution is 5.49. The maximum Gasteiger partial charge on any atom is 0.189 e. The van der Waals surface area contributed by atoms with Crippen molar-refractivity contribution in [3.05, 3.63) is 0 Å². The van der Waals surface area contributed by atoms with E-state index < -0.39 is 68.2 Å². The summed E-state index contributed by atoms with van der Waals surface area (Å²) in [6.45, 7) is -1.05. The number of hydrogen-bond donors (Lipinski definition) is 9. The van der Waals surface area contributed by atoms with Crippen molar-refractivity contribution in [2.24, 2.45) is 0 Å². The second kappa shape index (κ2) is 10.5. The van der Waals surface area contributed by atoms with E-state index in [-0.39, 0.29) is 6.61 Å². The van der Waals surface area contributed by atoms with E-state index in [0.717, 1.165) is 0 Å². The van der Waals surface area contributed by atoms with Gasteiger partial charge in [0.25, 0.3) is 0 Å². The van der Waals surface area contributed by atoms with Crippen molar-refractivity contribution in [1.29, 1.82) is 0 Å². The Kier molecular flexibility index (Phi) is 9.39. The predicted octanol–water partition coefficient (Wildman–Crippen LogP) is -6.26. The molecule has 2 aliphatic heterocycles.